The SMILES string of the molecule is C[C@@H]1O[C@@H](O[C@H]2[C@H](O[C@@H]3C[C@H](O)CC4=CC[C@H]5[C@@H]6C[C@@H]7O[C@]8(CC[C@H](CO[C@@H]9O[C@H](CO)[C@@H](O)[C@H](O)[C@H]9O)CO8)[C@@H](C)[C@@H]7[C@@]6(C)CC[C@@H]5[C@]43C)O[C@H](CO)[C@@H](O)[C@@H]2O[C@@H]2OC[C@@H](O)[C@H](O)[C@H]2O)[C@H](O)[C@H](O)[C@H]1O. The molecule has 0 aromatic rings. The van der Waals surface area contributed by atoms with Gasteiger partial charge in [0.15, 0.2) is 30.9 Å². The van der Waals surface area contributed by atoms with Gasteiger partial charge in [0.05, 0.1) is 57.5 Å². The lowest BCUT2D eigenvalue weighted by Gasteiger charge is -2.61. The van der Waals surface area contributed by atoms with Crippen LogP contribution in [0.3, 0.4) is 0 Å². The molecule has 73 heavy (non-hydrogen) atoms. The Morgan fingerprint density at radius 2 is 1.32 bits per heavy atom. The Bertz CT molecular complexity index is 1920. The lowest BCUT2D eigenvalue weighted by Crippen LogP contribution is -2.67. The molecule has 10 aliphatic rings. The molecule has 31 atom stereocenters. The minimum Gasteiger partial charge on any atom is -0.394 e. The average molecular weight is 1050 g/mol. The molecule has 0 radical (unpaired) electrons. The number of ether oxygens (including phenoxy) is 10. The van der Waals surface area contributed by atoms with Crippen LogP contribution in [0.4, 0.5) is 0 Å². The second-order valence-corrected chi connectivity index (χ2v) is 23.5. The normalized spacial score (nSPS) is 57.1. The van der Waals surface area contributed by atoms with E-state index in [-0.39, 0.29) is 60.1 Å². The molecule has 23 nitrogen and oxygen atoms in total. The number of hydrogen-bond donors (Lipinski definition) is 13. The van der Waals surface area contributed by atoms with Gasteiger partial charge in [0.2, 0.25) is 0 Å². The van der Waals surface area contributed by atoms with Crippen LogP contribution in [0.15, 0.2) is 11.6 Å². The molecular weight excluding hydrogens is 969 g/mol. The van der Waals surface area contributed by atoms with E-state index >= 15 is 0 Å². The summed E-state index contributed by atoms with van der Waals surface area (Å²) in [5.74, 6) is -0.0826. The van der Waals surface area contributed by atoms with E-state index < -0.39 is 160 Å². The molecule has 4 aliphatic carbocycles. The Morgan fingerprint density at radius 3 is 2.03 bits per heavy atom. The zero-order valence-corrected chi connectivity index (χ0v) is 41.8. The third kappa shape index (κ3) is 9.41. The minimum atomic E-state index is -1.81. The van der Waals surface area contributed by atoms with E-state index in [1.165, 1.54) is 6.92 Å². The summed E-state index contributed by atoms with van der Waals surface area (Å²) in [7, 11) is 0. The monoisotopic (exact) mass is 1050 g/mol. The van der Waals surface area contributed by atoms with Crippen molar-refractivity contribution in [2.75, 3.05) is 33.0 Å². The molecule has 0 bridgehead atoms. The van der Waals surface area contributed by atoms with Crippen molar-refractivity contribution in [3.05, 3.63) is 11.6 Å². The molecule has 6 saturated heterocycles. The minimum absolute atomic E-state index is 0.0550. The topological polar surface area (TPSA) is 355 Å². The quantitative estimate of drug-likeness (QED) is 0.0898. The largest absolute Gasteiger partial charge is 0.394 e. The van der Waals surface area contributed by atoms with Crippen molar-refractivity contribution in [3.63, 3.8) is 0 Å². The van der Waals surface area contributed by atoms with Crippen molar-refractivity contribution < 1.29 is 114 Å². The van der Waals surface area contributed by atoms with E-state index in [0.717, 1.165) is 31.3 Å². The van der Waals surface area contributed by atoms with E-state index in [1.807, 2.05) is 0 Å². The Hall–Kier alpha value is -1.18. The van der Waals surface area contributed by atoms with Gasteiger partial charge in [-0.15, -0.1) is 0 Å². The lowest BCUT2D eigenvalue weighted by atomic mass is 9.46. The second kappa shape index (κ2) is 21.1. The molecule has 3 saturated carbocycles. The number of aliphatic hydroxyl groups excluding tert-OH is 13. The summed E-state index contributed by atoms with van der Waals surface area (Å²) >= 11 is 0. The van der Waals surface area contributed by atoms with Crippen molar-refractivity contribution in [1.82, 2.24) is 0 Å². The highest BCUT2D eigenvalue weighted by atomic mass is 16.8. The fourth-order valence-corrected chi connectivity index (χ4v) is 15.3. The van der Waals surface area contributed by atoms with Gasteiger partial charge in [-0.25, -0.2) is 0 Å². The van der Waals surface area contributed by atoms with Gasteiger partial charge >= 0.3 is 0 Å². The zero-order chi connectivity index (χ0) is 52.2. The first kappa shape index (κ1) is 55.1. The smallest absolute Gasteiger partial charge is 0.187 e. The fourth-order valence-electron chi connectivity index (χ4n) is 15.3. The first-order chi connectivity index (χ1) is 34.6. The van der Waals surface area contributed by atoms with Gasteiger partial charge in [0.25, 0.3) is 0 Å². The summed E-state index contributed by atoms with van der Waals surface area (Å²) in [6, 6.07) is 0. The molecule has 418 valence electrons. The van der Waals surface area contributed by atoms with Crippen LogP contribution in [0.1, 0.15) is 79.1 Å². The van der Waals surface area contributed by atoms with E-state index in [9.17, 15) is 66.4 Å². The first-order valence-electron chi connectivity index (χ1n) is 26.5. The van der Waals surface area contributed by atoms with Crippen LogP contribution in [0, 0.1) is 46.3 Å². The van der Waals surface area contributed by atoms with Gasteiger partial charge in [0.1, 0.15) is 85.5 Å². The molecule has 23 heteroatoms. The second-order valence-electron chi connectivity index (χ2n) is 23.5. The molecule has 0 amide bonds. The molecule has 10 rings (SSSR count). The predicted molar refractivity (Wildman–Crippen MR) is 244 cm³/mol. The van der Waals surface area contributed by atoms with Gasteiger partial charge in [0, 0.05) is 30.1 Å². The Kier molecular flexibility index (Phi) is 16.0. The molecule has 0 aromatic heterocycles. The lowest BCUT2D eigenvalue weighted by molar-refractivity contribution is -0.393. The number of fused-ring (bicyclic) bond motifs is 7. The summed E-state index contributed by atoms with van der Waals surface area (Å²) in [5, 5.41) is 138. The predicted octanol–water partition coefficient (Wildman–Crippen LogP) is -3.38. The maximum Gasteiger partial charge on any atom is 0.187 e. The highest BCUT2D eigenvalue weighted by Gasteiger charge is 2.70. The molecule has 0 aromatic carbocycles. The Labute approximate surface area is 423 Å². The third-order valence-corrected chi connectivity index (χ3v) is 19.6. The zero-order valence-electron chi connectivity index (χ0n) is 41.8. The van der Waals surface area contributed by atoms with Gasteiger partial charge in [-0.3, -0.25) is 0 Å². The third-order valence-electron chi connectivity index (χ3n) is 19.6. The number of aliphatic hydroxyl groups is 13. The molecule has 0 unspecified atom stereocenters. The van der Waals surface area contributed by atoms with E-state index in [0.29, 0.717) is 25.9 Å². The van der Waals surface area contributed by atoms with Gasteiger partial charge in [-0.1, -0.05) is 32.4 Å². The van der Waals surface area contributed by atoms with E-state index in [2.05, 4.69) is 26.8 Å². The molecule has 13 N–H and O–H groups in total. The first-order valence-corrected chi connectivity index (χ1v) is 26.5. The highest BCUT2D eigenvalue weighted by Crippen LogP contribution is 2.71. The fraction of sp³-hybridized carbons (Fsp3) is 0.960. The number of hydrogen-bond acceptors (Lipinski definition) is 23. The van der Waals surface area contributed by atoms with Crippen molar-refractivity contribution in [1.29, 1.82) is 0 Å². The maximum absolute atomic E-state index is 11.7. The summed E-state index contributed by atoms with van der Waals surface area (Å²) in [6.07, 6.45) is -22.9. The number of allylic oxidation sites excluding steroid dienone is 1. The molecular formula is C50H80O23. The van der Waals surface area contributed by atoms with Crippen LogP contribution in [0.25, 0.3) is 0 Å². The molecule has 1 spiro atoms. The summed E-state index contributed by atoms with van der Waals surface area (Å²) in [6.45, 7) is 7.04. The van der Waals surface area contributed by atoms with Crippen LogP contribution in [0.2, 0.25) is 0 Å². The summed E-state index contributed by atoms with van der Waals surface area (Å²) in [4.78, 5) is 0. The van der Waals surface area contributed by atoms with Gasteiger partial charge in [-0.05, 0) is 74.5 Å². The van der Waals surface area contributed by atoms with E-state index in [1.54, 1.807) is 0 Å². The number of rotatable bonds is 11. The van der Waals surface area contributed by atoms with Crippen LogP contribution < -0.4 is 0 Å². The van der Waals surface area contributed by atoms with Crippen LogP contribution >= 0.6 is 0 Å². The summed E-state index contributed by atoms with van der Waals surface area (Å²) < 4.78 is 62.5. The summed E-state index contributed by atoms with van der Waals surface area (Å²) in [5.41, 5.74) is 0.243. The standard InChI is InChI=1S/C50H80O23/c1-19-32-28(73-50(19)10-7-21(17-66-50)16-64-44-40(62)38(60)35(57)29(14-51)68-44)13-26-24-6-5-22-11-23(53)12-31(49(22,4)25(24)8-9-48(26,32)3)70-47-43(72-46-41(63)37(59)33(55)20(2)67-46)42(36(58)30(15-52)69-47)71-45-39(61)34(56)27(54)18-65-45/h5,19-21,23-47,51-63H,6-18H2,1-4H3/t19-,20-,21+,23+,24+,25-,26-,27+,28-,29+,30+,31+,32-,33-,34-,35+,36+,37+,38-,39+,40+,41+,42-,43+,44+,45-,46-,47-,48-,49-,50+/m0/s1. The van der Waals surface area contributed by atoms with Crippen molar-refractivity contribution in [2.45, 2.75) is 220 Å². The Morgan fingerprint density at radius 1 is 0.644 bits per heavy atom. The maximum atomic E-state index is 11.7. The van der Waals surface area contributed by atoms with Crippen LogP contribution in [0.5, 0.6) is 0 Å². The average Bonchev–Trinajstić information content (AvgIpc) is 3.82. The van der Waals surface area contributed by atoms with Crippen molar-refractivity contribution in [3.8, 4) is 0 Å². The van der Waals surface area contributed by atoms with E-state index in [4.69, 9.17) is 47.4 Å². The van der Waals surface area contributed by atoms with Gasteiger partial charge in [-0.2, -0.15) is 0 Å². The molecule has 6 heterocycles. The van der Waals surface area contributed by atoms with Crippen molar-refractivity contribution in [2.24, 2.45) is 46.3 Å². The van der Waals surface area contributed by atoms with Gasteiger partial charge < -0.3 is 114 Å². The van der Waals surface area contributed by atoms with Crippen LogP contribution in [-0.2, 0) is 47.4 Å². The highest BCUT2D eigenvalue weighted by molar-refractivity contribution is 5.29. The molecule has 6 aliphatic heterocycles. The van der Waals surface area contributed by atoms with Crippen LogP contribution in [-0.4, -0.2) is 240 Å². The van der Waals surface area contributed by atoms with Crippen molar-refractivity contribution >= 4 is 0 Å². The molecule has 9 fully saturated rings. The Balaban J connectivity index is 0.862.